The first-order valence-corrected chi connectivity index (χ1v) is 4.14. The van der Waals surface area contributed by atoms with Crippen molar-refractivity contribution in [3.63, 3.8) is 0 Å². The fraction of sp³-hybridized carbons (Fsp3) is 1.00. The average molecular weight is 157 g/mol. The minimum Gasteiger partial charge on any atom is -0.353 e. The Morgan fingerprint density at radius 2 is 1.73 bits per heavy atom. The van der Waals surface area contributed by atoms with Crippen LogP contribution in [-0.4, -0.2) is 33.1 Å². The zero-order valence-corrected chi connectivity index (χ0v) is 7.09. The predicted octanol–water partition coefficient (Wildman–Crippen LogP) is 0.215. The van der Waals surface area contributed by atoms with Crippen molar-refractivity contribution in [2.45, 2.75) is 12.2 Å². The maximum absolute atomic E-state index is 5.43. The largest absolute Gasteiger partial charge is 0.353 e. The number of nitrogens with one attached hydrogen (secondary N) is 1. The van der Waals surface area contributed by atoms with E-state index in [-0.39, 0.29) is 5.79 Å². The van der Waals surface area contributed by atoms with Crippen molar-refractivity contribution in [2.75, 3.05) is 27.3 Å². The number of hydrogen-bond donors (Lipinski definition) is 1. The molecular formula is C8H15NO2. The molecule has 2 aliphatic heterocycles. The Morgan fingerprint density at radius 1 is 1.18 bits per heavy atom. The molecule has 0 aromatic carbocycles. The summed E-state index contributed by atoms with van der Waals surface area (Å²) in [5, 5.41) is 3.35. The van der Waals surface area contributed by atoms with E-state index in [0.717, 1.165) is 13.1 Å². The third kappa shape index (κ3) is 0.789. The van der Waals surface area contributed by atoms with Crippen molar-refractivity contribution in [3.05, 3.63) is 0 Å². The van der Waals surface area contributed by atoms with Crippen LogP contribution in [0.3, 0.4) is 0 Å². The van der Waals surface area contributed by atoms with Crippen molar-refractivity contribution in [1.29, 1.82) is 0 Å². The van der Waals surface area contributed by atoms with Gasteiger partial charge in [-0.25, -0.2) is 0 Å². The smallest absolute Gasteiger partial charge is 0.175 e. The average Bonchev–Trinajstić information content (AvgIpc) is 2.08. The fourth-order valence-corrected chi connectivity index (χ4v) is 2.48. The second kappa shape index (κ2) is 2.44. The van der Waals surface area contributed by atoms with Gasteiger partial charge < -0.3 is 14.8 Å². The highest BCUT2D eigenvalue weighted by molar-refractivity contribution is 5.03. The Bertz CT molecular complexity index is 140. The van der Waals surface area contributed by atoms with Crippen LogP contribution in [0.15, 0.2) is 0 Å². The molecule has 0 radical (unpaired) electrons. The highest BCUT2D eigenvalue weighted by Crippen LogP contribution is 2.48. The molecular weight excluding hydrogens is 142 g/mol. The molecule has 3 heteroatoms. The molecule has 3 fully saturated rings. The molecule has 2 atom stereocenters. The summed E-state index contributed by atoms with van der Waals surface area (Å²) >= 11 is 0. The first-order chi connectivity index (χ1) is 5.33. The number of rotatable bonds is 2. The maximum atomic E-state index is 5.43. The molecule has 3 aliphatic rings. The summed E-state index contributed by atoms with van der Waals surface area (Å²) in [6, 6.07) is 0. The van der Waals surface area contributed by atoms with Gasteiger partial charge in [0.05, 0.1) is 0 Å². The lowest BCUT2D eigenvalue weighted by Gasteiger charge is -2.57. The Kier molecular flexibility index (Phi) is 1.67. The summed E-state index contributed by atoms with van der Waals surface area (Å²) in [5.74, 6) is 0.887. The van der Waals surface area contributed by atoms with Gasteiger partial charge in [-0.15, -0.1) is 0 Å². The van der Waals surface area contributed by atoms with Crippen molar-refractivity contribution < 1.29 is 9.47 Å². The monoisotopic (exact) mass is 157 g/mol. The molecule has 0 aromatic rings. The topological polar surface area (TPSA) is 30.5 Å². The lowest BCUT2D eigenvalue weighted by atomic mass is 9.65. The van der Waals surface area contributed by atoms with Gasteiger partial charge in [-0.3, -0.25) is 0 Å². The number of piperidine rings is 2. The summed E-state index contributed by atoms with van der Waals surface area (Å²) in [4.78, 5) is 0. The Balaban J connectivity index is 2.12. The van der Waals surface area contributed by atoms with Crippen molar-refractivity contribution >= 4 is 0 Å². The molecule has 2 saturated heterocycles. The normalized spacial score (nSPS) is 39.8. The molecule has 3 rings (SSSR count). The summed E-state index contributed by atoms with van der Waals surface area (Å²) in [6.07, 6.45) is 1.26. The number of hydrogen-bond acceptors (Lipinski definition) is 3. The molecule has 2 bridgehead atoms. The molecule has 0 amide bonds. The van der Waals surface area contributed by atoms with E-state index in [1.54, 1.807) is 14.2 Å². The molecule has 11 heavy (non-hydrogen) atoms. The Labute approximate surface area is 67.1 Å². The summed E-state index contributed by atoms with van der Waals surface area (Å²) in [6.45, 7) is 2.08. The Morgan fingerprint density at radius 3 is 2.00 bits per heavy atom. The van der Waals surface area contributed by atoms with E-state index in [1.807, 2.05) is 0 Å². The summed E-state index contributed by atoms with van der Waals surface area (Å²) in [5.41, 5.74) is 0. The van der Waals surface area contributed by atoms with Gasteiger partial charge in [-0.1, -0.05) is 0 Å². The number of methoxy groups -OCH3 is 2. The van der Waals surface area contributed by atoms with Crippen molar-refractivity contribution in [1.82, 2.24) is 5.32 Å². The predicted molar refractivity (Wildman–Crippen MR) is 41.2 cm³/mol. The first-order valence-electron chi connectivity index (χ1n) is 4.14. The molecule has 1 aliphatic carbocycles. The van der Waals surface area contributed by atoms with Gasteiger partial charge in [0.25, 0.3) is 0 Å². The van der Waals surface area contributed by atoms with Crippen LogP contribution >= 0.6 is 0 Å². The maximum Gasteiger partial charge on any atom is 0.175 e. The van der Waals surface area contributed by atoms with E-state index in [0.29, 0.717) is 11.8 Å². The first kappa shape index (κ1) is 7.53. The van der Waals surface area contributed by atoms with Gasteiger partial charge >= 0.3 is 0 Å². The van der Waals surface area contributed by atoms with E-state index in [1.165, 1.54) is 6.42 Å². The third-order valence-corrected chi connectivity index (χ3v) is 3.13. The quantitative estimate of drug-likeness (QED) is 0.581. The lowest BCUT2D eigenvalue weighted by molar-refractivity contribution is -0.331. The highest BCUT2D eigenvalue weighted by Gasteiger charge is 2.58. The van der Waals surface area contributed by atoms with Crippen LogP contribution < -0.4 is 5.32 Å². The van der Waals surface area contributed by atoms with Crippen LogP contribution in [0.2, 0.25) is 0 Å². The van der Waals surface area contributed by atoms with Crippen LogP contribution in [0.5, 0.6) is 0 Å². The molecule has 0 aromatic heterocycles. The zero-order chi connectivity index (χ0) is 7.90. The third-order valence-electron chi connectivity index (χ3n) is 3.13. The van der Waals surface area contributed by atoms with Gasteiger partial charge in [0, 0.05) is 39.1 Å². The van der Waals surface area contributed by atoms with E-state index >= 15 is 0 Å². The number of ether oxygens (including phenoxy) is 2. The van der Waals surface area contributed by atoms with Gasteiger partial charge in [-0.05, 0) is 6.42 Å². The van der Waals surface area contributed by atoms with E-state index in [9.17, 15) is 0 Å². The van der Waals surface area contributed by atoms with Gasteiger partial charge in [0.1, 0.15) is 0 Å². The molecule has 0 unspecified atom stereocenters. The minimum absolute atomic E-state index is 0.245. The fourth-order valence-electron chi connectivity index (χ4n) is 2.48. The van der Waals surface area contributed by atoms with E-state index in [2.05, 4.69) is 5.32 Å². The second-order valence-electron chi connectivity index (χ2n) is 3.42. The minimum atomic E-state index is -0.245. The van der Waals surface area contributed by atoms with E-state index in [4.69, 9.17) is 9.47 Å². The summed E-state index contributed by atoms with van der Waals surface area (Å²) in [7, 11) is 3.49. The van der Waals surface area contributed by atoms with Crippen molar-refractivity contribution in [3.8, 4) is 0 Å². The molecule has 64 valence electrons. The number of fused-ring (bicyclic) bond motifs is 2. The van der Waals surface area contributed by atoms with Gasteiger partial charge in [-0.2, -0.15) is 0 Å². The van der Waals surface area contributed by atoms with Crippen LogP contribution in [0.25, 0.3) is 0 Å². The second-order valence-corrected chi connectivity index (χ2v) is 3.42. The van der Waals surface area contributed by atoms with Gasteiger partial charge in [0.15, 0.2) is 5.79 Å². The molecule has 0 spiro atoms. The van der Waals surface area contributed by atoms with Crippen LogP contribution in [-0.2, 0) is 9.47 Å². The van der Waals surface area contributed by atoms with Crippen LogP contribution in [0.4, 0.5) is 0 Å². The van der Waals surface area contributed by atoms with Gasteiger partial charge in [0.2, 0.25) is 0 Å². The molecule has 1 saturated carbocycles. The van der Waals surface area contributed by atoms with Crippen LogP contribution in [0.1, 0.15) is 6.42 Å². The molecule has 3 nitrogen and oxygen atoms in total. The van der Waals surface area contributed by atoms with Crippen molar-refractivity contribution in [2.24, 2.45) is 11.8 Å². The zero-order valence-electron chi connectivity index (χ0n) is 7.09. The standard InChI is InChI=1S/C8H15NO2/c1-10-8(11-2)6-3-7(8)5-9-4-6/h6-7,9H,3-5H2,1-2H3/t6-,7+. The SMILES string of the molecule is COC1(OC)[C@@H]2CNC[C@H]1C2. The lowest BCUT2D eigenvalue weighted by Crippen LogP contribution is -2.67. The highest BCUT2D eigenvalue weighted by atomic mass is 16.7. The molecule has 2 heterocycles. The van der Waals surface area contributed by atoms with E-state index < -0.39 is 0 Å². The molecule has 1 N–H and O–H groups in total. The Hall–Kier alpha value is -0.120. The van der Waals surface area contributed by atoms with Crippen LogP contribution in [0, 0.1) is 11.8 Å². The summed E-state index contributed by atoms with van der Waals surface area (Å²) < 4.78 is 10.9.